The first-order chi connectivity index (χ1) is 12.1. The summed E-state index contributed by atoms with van der Waals surface area (Å²) >= 11 is 0. The van der Waals surface area contributed by atoms with Gasteiger partial charge in [-0.2, -0.15) is 0 Å². The summed E-state index contributed by atoms with van der Waals surface area (Å²) in [6, 6.07) is 9.72. The summed E-state index contributed by atoms with van der Waals surface area (Å²) in [5.74, 6) is 0.237. The van der Waals surface area contributed by atoms with Gasteiger partial charge in [-0.25, -0.2) is 0 Å². The summed E-state index contributed by atoms with van der Waals surface area (Å²) in [5.41, 5.74) is 0. The van der Waals surface area contributed by atoms with Crippen LogP contribution < -0.4 is 4.74 Å². The van der Waals surface area contributed by atoms with E-state index in [9.17, 15) is 9.59 Å². The third kappa shape index (κ3) is 6.07. The third-order valence-corrected chi connectivity index (χ3v) is 4.74. The summed E-state index contributed by atoms with van der Waals surface area (Å²) in [6.45, 7) is 2.58. The topological polar surface area (TPSA) is 55.8 Å². The van der Waals surface area contributed by atoms with E-state index in [0.29, 0.717) is 19.6 Å². The Hall–Kier alpha value is -2.04. The lowest BCUT2D eigenvalue weighted by atomic mass is 9.93. The maximum atomic E-state index is 12.8. The van der Waals surface area contributed by atoms with Crippen LogP contribution in [0.25, 0.3) is 0 Å². The van der Waals surface area contributed by atoms with Gasteiger partial charge in [0.15, 0.2) is 0 Å². The predicted octanol–water partition coefficient (Wildman–Crippen LogP) is 3.43. The second-order valence-corrected chi connectivity index (χ2v) is 6.67. The van der Waals surface area contributed by atoms with Gasteiger partial charge in [0.05, 0.1) is 26.1 Å². The first-order valence-corrected chi connectivity index (χ1v) is 9.17. The lowest BCUT2D eigenvalue weighted by Crippen LogP contribution is -2.45. The van der Waals surface area contributed by atoms with Gasteiger partial charge in [-0.3, -0.25) is 9.59 Å². The molecule has 0 spiro atoms. The molecule has 1 atom stereocenters. The lowest BCUT2D eigenvalue weighted by Gasteiger charge is -2.35. The summed E-state index contributed by atoms with van der Waals surface area (Å²) in [5, 5.41) is 0. The molecule has 0 radical (unpaired) electrons. The van der Waals surface area contributed by atoms with Crippen LogP contribution in [0.1, 0.15) is 45.4 Å². The van der Waals surface area contributed by atoms with Crippen LogP contribution in [0.15, 0.2) is 30.3 Å². The predicted molar refractivity (Wildman–Crippen MR) is 96.3 cm³/mol. The standard InChI is InChI=1S/C20H29NO4/c1-16(20(23)24-2)15-21(17-9-5-3-6-10-17)19(22)13-14-25-18-11-7-4-8-12-18/h4,7-8,11-12,16-17H,3,5-6,9-10,13-15H2,1-2H3. The maximum absolute atomic E-state index is 12.8. The van der Waals surface area contributed by atoms with Crippen molar-refractivity contribution in [3.63, 3.8) is 0 Å². The van der Waals surface area contributed by atoms with Crippen molar-refractivity contribution >= 4 is 11.9 Å². The Labute approximate surface area is 150 Å². The molecule has 0 aliphatic heterocycles. The van der Waals surface area contributed by atoms with E-state index >= 15 is 0 Å². The molecule has 0 heterocycles. The fourth-order valence-corrected chi connectivity index (χ4v) is 3.33. The molecular weight excluding hydrogens is 318 g/mol. The number of carbonyl (C=O) groups excluding carboxylic acids is 2. The van der Waals surface area contributed by atoms with Crippen molar-refractivity contribution in [1.29, 1.82) is 0 Å². The number of esters is 1. The van der Waals surface area contributed by atoms with E-state index in [1.54, 1.807) is 0 Å². The van der Waals surface area contributed by atoms with Crippen molar-refractivity contribution < 1.29 is 19.1 Å². The first-order valence-electron chi connectivity index (χ1n) is 9.17. The van der Waals surface area contributed by atoms with Crippen molar-refractivity contribution in [2.45, 2.75) is 51.5 Å². The Balaban J connectivity index is 1.92. The minimum atomic E-state index is -0.314. The maximum Gasteiger partial charge on any atom is 0.310 e. The van der Waals surface area contributed by atoms with Crippen molar-refractivity contribution in [1.82, 2.24) is 4.90 Å². The molecule has 1 aromatic carbocycles. The van der Waals surface area contributed by atoms with Crippen molar-refractivity contribution in [2.75, 3.05) is 20.3 Å². The number of amides is 1. The molecule has 1 aliphatic carbocycles. The Morgan fingerprint density at radius 1 is 1.16 bits per heavy atom. The molecule has 1 amide bonds. The second kappa shape index (κ2) is 10.1. The molecule has 1 aliphatic rings. The van der Waals surface area contributed by atoms with Gasteiger partial charge >= 0.3 is 5.97 Å². The normalized spacial score (nSPS) is 16.1. The smallest absolute Gasteiger partial charge is 0.310 e. The van der Waals surface area contributed by atoms with Gasteiger partial charge < -0.3 is 14.4 Å². The Bertz CT molecular complexity index is 540. The lowest BCUT2D eigenvalue weighted by molar-refractivity contribution is -0.147. The van der Waals surface area contributed by atoms with Gasteiger partial charge in [-0.05, 0) is 25.0 Å². The SMILES string of the molecule is COC(=O)C(C)CN(C(=O)CCOc1ccccc1)C1CCCCC1. The molecule has 1 fully saturated rings. The number of ether oxygens (including phenoxy) is 2. The Kier molecular flexibility index (Phi) is 7.76. The van der Waals surface area contributed by atoms with Gasteiger partial charge in [0.2, 0.25) is 5.91 Å². The van der Waals surface area contributed by atoms with Crippen molar-refractivity contribution in [3.05, 3.63) is 30.3 Å². The largest absolute Gasteiger partial charge is 0.493 e. The van der Waals surface area contributed by atoms with E-state index in [1.807, 2.05) is 42.2 Å². The summed E-state index contributed by atoms with van der Waals surface area (Å²) < 4.78 is 10.5. The van der Waals surface area contributed by atoms with Gasteiger partial charge in [0, 0.05) is 12.6 Å². The van der Waals surface area contributed by atoms with Crippen LogP contribution in [-0.2, 0) is 14.3 Å². The molecule has 138 valence electrons. The van der Waals surface area contributed by atoms with Crippen LogP contribution in [0, 0.1) is 5.92 Å². The number of nitrogens with zero attached hydrogens (tertiary/aromatic N) is 1. The fourth-order valence-electron chi connectivity index (χ4n) is 3.33. The molecule has 5 heteroatoms. The molecule has 0 saturated heterocycles. The van der Waals surface area contributed by atoms with Gasteiger partial charge in [0.25, 0.3) is 0 Å². The Morgan fingerprint density at radius 3 is 2.48 bits per heavy atom. The number of benzene rings is 1. The van der Waals surface area contributed by atoms with Gasteiger partial charge in [-0.15, -0.1) is 0 Å². The molecule has 2 rings (SSSR count). The zero-order valence-corrected chi connectivity index (χ0v) is 15.3. The van der Waals surface area contributed by atoms with Crippen LogP contribution in [0.3, 0.4) is 0 Å². The average Bonchev–Trinajstić information content (AvgIpc) is 2.66. The molecule has 25 heavy (non-hydrogen) atoms. The third-order valence-electron chi connectivity index (χ3n) is 4.74. The Morgan fingerprint density at radius 2 is 1.84 bits per heavy atom. The quantitative estimate of drug-likeness (QED) is 0.676. The van der Waals surface area contributed by atoms with Gasteiger partial charge in [-0.1, -0.05) is 44.4 Å². The fraction of sp³-hybridized carbons (Fsp3) is 0.600. The number of carbonyl (C=O) groups is 2. The zero-order chi connectivity index (χ0) is 18.1. The van der Waals surface area contributed by atoms with E-state index in [1.165, 1.54) is 13.5 Å². The van der Waals surface area contributed by atoms with Gasteiger partial charge in [0.1, 0.15) is 5.75 Å². The summed E-state index contributed by atoms with van der Waals surface area (Å²) in [6.07, 6.45) is 5.85. The molecule has 0 aromatic heterocycles. The number of para-hydroxylation sites is 1. The van der Waals surface area contributed by atoms with Crippen molar-refractivity contribution in [2.24, 2.45) is 5.92 Å². The first kappa shape index (κ1) is 19.3. The van der Waals surface area contributed by atoms with Crippen molar-refractivity contribution in [3.8, 4) is 5.75 Å². The zero-order valence-electron chi connectivity index (χ0n) is 15.3. The van der Waals surface area contributed by atoms with Crippen LogP contribution in [-0.4, -0.2) is 43.1 Å². The number of methoxy groups -OCH3 is 1. The highest BCUT2D eigenvalue weighted by Crippen LogP contribution is 2.24. The molecule has 5 nitrogen and oxygen atoms in total. The number of hydrogen-bond donors (Lipinski definition) is 0. The molecular formula is C20H29NO4. The van der Waals surface area contributed by atoms with E-state index < -0.39 is 0 Å². The van der Waals surface area contributed by atoms with Crippen LogP contribution in [0.5, 0.6) is 5.75 Å². The minimum Gasteiger partial charge on any atom is -0.493 e. The molecule has 1 saturated carbocycles. The minimum absolute atomic E-state index is 0.0542. The molecule has 0 N–H and O–H groups in total. The highest BCUT2D eigenvalue weighted by Gasteiger charge is 2.28. The van der Waals surface area contributed by atoms with E-state index in [4.69, 9.17) is 9.47 Å². The monoisotopic (exact) mass is 347 g/mol. The van der Waals surface area contributed by atoms with E-state index in [-0.39, 0.29) is 23.8 Å². The van der Waals surface area contributed by atoms with Crippen LogP contribution in [0.4, 0.5) is 0 Å². The van der Waals surface area contributed by atoms with Crippen LogP contribution in [0.2, 0.25) is 0 Å². The number of hydrogen-bond acceptors (Lipinski definition) is 4. The molecule has 0 bridgehead atoms. The molecule has 1 unspecified atom stereocenters. The van der Waals surface area contributed by atoms with E-state index in [2.05, 4.69) is 0 Å². The highest BCUT2D eigenvalue weighted by atomic mass is 16.5. The average molecular weight is 347 g/mol. The summed E-state index contributed by atoms with van der Waals surface area (Å²) in [7, 11) is 1.39. The summed E-state index contributed by atoms with van der Waals surface area (Å²) in [4.78, 5) is 26.4. The highest BCUT2D eigenvalue weighted by molar-refractivity contribution is 5.78. The van der Waals surface area contributed by atoms with Crippen LogP contribution >= 0.6 is 0 Å². The van der Waals surface area contributed by atoms with E-state index in [0.717, 1.165) is 31.4 Å². The molecule has 1 aromatic rings. The number of rotatable bonds is 8. The second-order valence-electron chi connectivity index (χ2n) is 6.67.